The van der Waals surface area contributed by atoms with E-state index in [1.807, 2.05) is 28.7 Å². The zero-order chi connectivity index (χ0) is 18.8. The first-order valence-electron chi connectivity index (χ1n) is 9.51. The maximum Gasteiger partial charge on any atom is 0.263 e. The van der Waals surface area contributed by atoms with Crippen LogP contribution in [0, 0.1) is 6.92 Å². The van der Waals surface area contributed by atoms with Crippen molar-refractivity contribution >= 4 is 38.0 Å². The predicted molar refractivity (Wildman–Crippen MR) is 118 cm³/mol. The smallest absolute Gasteiger partial charge is 0.263 e. The minimum absolute atomic E-state index is 0.0464. The van der Waals surface area contributed by atoms with Crippen molar-refractivity contribution in [2.75, 3.05) is 0 Å². The Morgan fingerprint density at radius 3 is 2.14 bits per heavy atom. The summed E-state index contributed by atoms with van der Waals surface area (Å²) in [7, 11) is 0. The lowest BCUT2D eigenvalue weighted by Crippen LogP contribution is -2.13. The highest BCUT2D eigenvalue weighted by molar-refractivity contribution is 6.22. The summed E-state index contributed by atoms with van der Waals surface area (Å²) in [6.45, 7) is 2.10. The van der Waals surface area contributed by atoms with Crippen molar-refractivity contribution in [1.82, 2.24) is 4.40 Å². The normalized spacial score (nSPS) is 11.9. The van der Waals surface area contributed by atoms with Gasteiger partial charge in [-0.3, -0.25) is 9.20 Å². The van der Waals surface area contributed by atoms with Crippen LogP contribution in [0.3, 0.4) is 0 Å². The molecule has 0 spiro atoms. The molecule has 4 aromatic carbocycles. The van der Waals surface area contributed by atoms with Crippen molar-refractivity contribution < 1.29 is 0 Å². The van der Waals surface area contributed by atoms with E-state index in [1.165, 1.54) is 5.56 Å². The zero-order valence-corrected chi connectivity index (χ0v) is 15.4. The lowest BCUT2D eigenvalue weighted by Gasteiger charge is -2.11. The molecule has 0 saturated heterocycles. The van der Waals surface area contributed by atoms with Crippen molar-refractivity contribution in [3.05, 3.63) is 101 Å². The van der Waals surface area contributed by atoms with Crippen LogP contribution in [0.25, 0.3) is 49.1 Å². The molecule has 0 saturated carbocycles. The molecule has 0 aliphatic carbocycles. The molecule has 0 amide bonds. The number of rotatable bonds is 1. The lowest BCUT2D eigenvalue weighted by molar-refractivity contribution is 1.20. The van der Waals surface area contributed by atoms with E-state index in [2.05, 4.69) is 67.6 Å². The molecule has 132 valence electrons. The van der Waals surface area contributed by atoms with Crippen LogP contribution in [-0.2, 0) is 0 Å². The number of hydrogen-bond donors (Lipinski definition) is 0. The third-order valence-electron chi connectivity index (χ3n) is 5.81. The molecule has 28 heavy (non-hydrogen) atoms. The van der Waals surface area contributed by atoms with Crippen molar-refractivity contribution in [3.63, 3.8) is 0 Å². The first-order valence-corrected chi connectivity index (χ1v) is 9.51. The Balaban J connectivity index is 2.00. The first-order chi connectivity index (χ1) is 13.7. The van der Waals surface area contributed by atoms with Gasteiger partial charge in [0.1, 0.15) is 0 Å². The van der Waals surface area contributed by atoms with E-state index in [-0.39, 0.29) is 5.56 Å². The summed E-state index contributed by atoms with van der Waals surface area (Å²) in [5.41, 5.74) is 5.51. The van der Waals surface area contributed by atoms with E-state index in [9.17, 15) is 4.79 Å². The van der Waals surface area contributed by atoms with Crippen LogP contribution in [0.2, 0.25) is 0 Å². The molecule has 0 aliphatic rings. The van der Waals surface area contributed by atoms with Gasteiger partial charge in [0.15, 0.2) is 0 Å². The van der Waals surface area contributed by atoms with Crippen molar-refractivity contribution in [2.24, 2.45) is 0 Å². The summed E-state index contributed by atoms with van der Waals surface area (Å²) >= 11 is 0. The van der Waals surface area contributed by atoms with Gasteiger partial charge in [0.05, 0.1) is 11.0 Å². The van der Waals surface area contributed by atoms with Gasteiger partial charge in [0.2, 0.25) is 0 Å². The third-order valence-corrected chi connectivity index (χ3v) is 5.81. The summed E-state index contributed by atoms with van der Waals surface area (Å²) < 4.78 is 1.91. The maximum absolute atomic E-state index is 13.5. The Morgan fingerprint density at radius 1 is 0.679 bits per heavy atom. The Bertz CT molecular complexity index is 1570. The molecule has 6 rings (SSSR count). The van der Waals surface area contributed by atoms with Gasteiger partial charge >= 0.3 is 0 Å². The number of fused-ring (bicyclic) bond motifs is 4. The summed E-state index contributed by atoms with van der Waals surface area (Å²) in [5.74, 6) is 0. The fourth-order valence-electron chi connectivity index (χ4n) is 4.55. The van der Waals surface area contributed by atoms with Crippen LogP contribution in [0.15, 0.2) is 89.7 Å². The summed E-state index contributed by atoms with van der Waals surface area (Å²) in [6.07, 6.45) is 0. The van der Waals surface area contributed by atoms with E-state index >= 15 is 0 Å². The second-order valence-electron chi connectivity index (χ2n) is 7.46. The van der Waals surface area contributed by atoms with E-state index in [0.29, 0.717) is 0 Å². The average molecular weight is 359 g/mol. The Kier molecular flexibility index (Phi) is 2.99. The molecule has 2 heterocycles. The molecule has 2 nitrogen and oxygen atoms in total. The number of aromatic nitrogens is 1. The molecule has 6 aromatic rings. The van der Waals surface area contributed by atoms with Crippen LogP contribution in [0.4, 0.5) is 0 Å². The van der Waals surface area contributed by atoms with Gasteiger partial charge in [-0.05, 0) is 35.4 Å². The number of nitrogens with zero attached hydrogens (tertiary/aromatic N) is 1. The van der Waals surface area contributed by atoms with Crippen LogP contribution in [-0.4, -0.2) is 4.40 Å². The molecular weight excluding hydrogens is 342 g/mol. The van der Waals surface area contributed by atoms with Gasteiger partial charge in [0, 0.05) is 21.7 Å². The average Bonchev–Trinajstić information content (AvgIpc) is 3.06. The molecular formula is C26H17NO. The molecule has 2 aromatic heterocycles. The van der Waals surface area contributed by atoms with Gasteiger partial charge in [-0.25, -0.2) is 0 Å². The van der Waals surface area contributed by atoms with Crippen LogP contribution >= 0.6 is 0 Å². The van der Waals surface area contributed by atoms with E-state index in [0.717, 1.165) is 49.1 Å². The van der Waals surface area contributed by atoms with Crippen LogP contribution in [0.1, 0.15) is 5.56 Å². The molecule has 0 N–H and O–H groups in total. The number of benzene rings is 4. The van der Waals surface area contributed by atoms with Gasteiger partial charge < -0.3 is 0 Å². The van der Waals surface area contributed by atoms with Gasteiger partial charge in [-0.1, -0.05) is 78.4 Å². The fraction of sp³-hybridized carbons (Fsp3) is 0.0385. The SMILES string of the molecule is Cc1ccc(-c2c3ccccc3c(=O)n3c4cccc5cccc(c54)c23)cc1. The minimum atomic E-state index is 0.0464. The van der Waals surface area contributed by atoms with Crippen molar-refractivity contribution in [1.29, 1.82) is 0 Å². The van der Waals surface area contributed by atoms with E-state index in [4.69, 9.17) is 0 Å². The molecule has 0 radical (unpaired) electrons. The summed E-state index contributed by atoms with van der Waals surface area (Å²) in [5, 5.41) is 5.22. The number of aryl methyl sites for hydroxylation is 1. The van der Waals surface area contributed by atoms with E-state index < -0.39 is 0 Å². The Morgan fingerprint density at radius 2 is 1.36 bits per heavy atom. The molecule has 0 atom stereocenters. The number of pyridine rings is 1. The highest BCUT2D eigenvalue weighted by Crippen LogP contribution is 2.39. The van der Waals surface area contributed by atoms with Crippen LogP contribution < -0.4 is 5.56 Å². The van der Waals surface area contributed by atoms with Gasteiger partial charge in [0.25, 0.3) is 5.56 Å². The maximum atomic E-state index is 13.5. The van der Waals surface area contributed by atoms with Crippen molar-refractivity contribution in [3.8, 4) is 11.1 Å². The zero-order valence-electron chi connectivity index (χ0n) is 15.4. The second kappa shape index (κ2) is 5.43. The molecule has 0 bridgehead atoms. The molecule has 0 aliphatic heterocycles. The van der Waals surface area contributed by atoms with Crippen LogP contribution in [0.5, 0.6) is 0 Å². The third kappa shape index (κ3) is 1.89. The summed E-state index contributed by atoms with van der Waals surface area (Å²) in [6, 6.07) is 29.1. The minimum Gasteiger partial charge on any atom is -0.275 e. The first kappa shape index (κ1) is 15.4. The van der Waals surface area contributed by atoms with Crippen molar-refractivity contribution in [2.45, 2.75) is 6.92 Å². The van der Waals surface area contributed by atoms with Gasteiger partial charge in [-0.2, -0.15) is 0 Å². The highest BCUT2D eigenvalue weighted by atomic mass is 16.1. The Hall–Kier alpha value is -3.65. The number of hydrogen-bond acceptors (Lipinski definition) is 1. The highest BCUT2D eigenvalue weighted by Gasteiger charge is 2.20. The molecule has 0 fully saturated rings. The monoisotopic (exact) mass is 359 g/mol. The topological polar surface area (TPSA) is 21.5 Å². The van der Waals surface area contributed by atoms with Gasteiger partial charge in [-0.15, -0.1) is 0 Å². The second-order valence-corrected chi connectivity index (χ2v) is 7.46. The standard InChI is InChI=1S/C26H17NO/c1-16-12-14-18(15-13-16)24-19-8-2-3-9-20(19)26(28)27-22-11-5-7-17-6-4-10-21(23(17)22)25(24)27/h2-15H,1H3. The molecule has 2 heteroatoms. The lowest BCUT2D eigenvalue weighted by atomic mass is 9.96. The summed E-state index contributed by atoms with van der Waals surface area (Å²) in [4.78, 5) is 13.5. The molecule has 0 unspecified atom stereocenters. The predicted octanol–water partition coefficient (Wildman–Crippen LogP) is 6.17. The van der Waals surface area contributed by atoms with E-state index in [1.54, 1.807) is 0 Å². The largest absolute Gasteiger partial charge is 0.275 e. The Labute approximate surface area is 161 Å². The fourth-order valence-corrected chi connectivity index (χ4v) is 4.55. The quantitative estimate of drug-likeness (QED) is 0.344.